The maximum absolute atomic E-state index is 13.7. The average Bonchev–Trinajstić information content (AvgIpc) is 3.47. The van der Waals surface area contributed by atoms with E-state index >= 15 is 0 Å². The molecular formula is C34H43N5O7. The van der Waals surface area contributed by atoms with Gasteiger partial charge in [0.2, 0.25) is 23.6 Å². The van der Waals surface area contributed by atoms with E-state index in [0.29, 0.717) is 19.4 Å². The first-order valence-corrected chi connectivity index (χ1v) is 15.4. The van der Waals surface area contributed by atoms with E-state index < -0.39 is 47.8 Å². The Morgan fingerprint density at radius 1 is 0.891 bits per heavy atom. The number of nitrogens with zero attached hydrogens (tertiary/aromatic N) is 1. The van der Waals surface area contributed by atoms with E-state index in [1.807, 2.05) is 74.5 Å². The molecule has 2 aromatic carbocycles. The molecule has 0 saturated carbocycles. The number of ether oxygens (including phenoxy) is 1. The normalized spacial score (nSPS) is 14.8. The molecule has 1 heterocycles. The number of primary amides is 1. The Morgan fingerprint density at radius 3 is 2.11 bits per heavy atom. The van der Waals surface area contributed by atoms with Gasteiger partial charge in [-0.3, -0.25) is 28.9 Å². The summed E-state index contributed by atoms with van der Waals surface area (Å²) in [4.78, 5) is 77.1. The van der Waals surface area contributed by atoms with Crippen molar-refractivity contribution in [2.24, 2.45) is 11.7 Å². The summed E-state index contributed by atoms with van der Waals surface area (Å²) in [5.41, 5.74) is 6.90. The molecule has 5 N–H and O–H groups in total. The highest BCUT2D eigenvalue weighted by atomic mass is 16.5. The highest BCUT2D eigenvalue weighted by Gasteiger charge is 2.29. The van der Waals surface area contributed by atoms with E-state index in [4.69, 9.17) is 10.5 Å². The molecule has 12 nitrogen and oxygen atoms in total. The van der Waals surface area contributed by atoms with Crippen molar-refractivity contribution in [3.05, 3.63) is 83.9 Å². The SMILES string of the molecule is CC(C)C[C@H](NC(=O)OCc1ccccc1)C(=O)N[C@@H](Cc1ccccc1)C(=O)N[C@H](/C=C/C(=O)N1CCCC1=O)CCC(N)=O. The number of imide groups is 1. The predicted molar refractivity (Wildman–Crippen MR) is 171 cm³/mol. The maximum atomic E-state index is 13.7. The van der Waals surface area contributed by atoms with Gasteiger partial charge in [0.1, 0.15) is 18.7 Å². The third-order valence-corrected chi connectivity index (χ3v) is 7.28. The second kappa shape index (κ2) is 18.1. The second-order valence-corrected chi connectivity index (χ2v) is 11.6. The molecule has 1 aliphatic heterocycles. The molecule has 12 heteroatoms. The maximum Gasteiger partial charge on any atom is 0.408 e. The van der Waals surface area contributed by atoms with Crippen LogP contribution in [0.25, 0.3) is 0 Å². The number of rotatable bonds is 16. The quantitative estimate of drug-likeness (QED) is 0.205. The Labute approximate surface area is 269 Å². The van der Waals surface area contributed by atoms with Gasteiger partial charge in [-0.2, -0.15) is 0 Å². The van der Waals surface area contributed by atoms with Gasteiger partial charge >= 0.3 is 6.09 Å². The van der Waals surface area contributed by atoms with Crippen LogP contribution in [-0.4, -0.2) is 65.2 Å². The molecule has 0 aromatic heterocycles. The van der Waals surface area contributed by atoms with Gasteiger partial charge in [0, 0.05) is 37.9 Å². The van der Waals surface area contributed by atoms with Crippen molar-refractivity contribution in [1.82, 2.24) is 20.9 Å². The number of amides is 6. The molecular weight excluding hydrogens is 590 g/mol. The number of benzene rings is 2. The molecule has 3 rings (SSSR count). The number of hydrogen-bond donors (Lipinski definition) is 4. The standard InChI is InChI=1S/C34H43N5O7/c1-23(2)20-27(38-34(45)46-22-25-12-7-4-8-13-25)33(44)37-28(21-24-10-5-3-6-11-24)32(43)36-26(15-17-29(35)40)16-18-31(42)39-19-9-14-30(39)41/h3-8,10-13,16,18,23,26-28H,9,14-15,17,19-22H2,1-2H3,(H2,35,40)(H,36,43)(H,37,44)(H,38,45)/b18-16+/t26-,27-,28-/m0/s1. The molecule has 6 amide bonds. The van der Waals surface area contributed by atoms with Gasteiger partial charge in [0.05, 0.1) is 0 Å². The Kier molecular flexibility index (Phi) is 13.9. The van der Waals surface area contributed by atoms with Crippen LogP contribution in [0.2, 0.25) is 0 Å². The Balaban J connectivity index is 1.75. The predicted octanol–water partition coefficient (Wildman–Crippen LogP) is 2.51. The van der Waals surface area contributed by atoms with Gasteiger partial charge in [-0.25, -0.2) is 4.79 Å². The first-order valence-electron chi connectivity index (χ1n) is 15.4. The second-order valence-electron chi connectivity index (χ2n) is 11.6. The molecule has 3 atom stereocenters. The topological polar surface area (TPSA) is 177 Å². The lowest BCUT2D eigenvalue weighted by Gasteiger charge is -2.25. The van der Waals surface area contributed by atoms with Crippen molar-refractivity contribution in [2.45, 2.75) is 77.1 Å². The first-order chi connectivity index (χ1) is 22.0. The molecule has 46 heavy (non-hydrogen) atoms. The summed E-state index contributed by atoms with van der Waals surface area (Å²) in [6, 6.07) is 15.3. The number of alkyl carbamates (subject to hydrolysis) is 1. The summed E-state index contributed by atoms with van der Waals surface area (Å²) >= 11 is 0. The molecule has 0 aliphatic carbocycles. The Morgan fingerprint density at radius 2 is 1.52 bits per heavy atom. The number of carbonyl (C=O) groups excluding carboxylic acids is 6. The number of likely N-dealkylation sites (tertiary alicyclic amines) is 1. The minimum absolute atomic E-state index is 0.0231. The van der Waals surface area contributed by atoms with Crippen molar-refractivity contribution in [1.29, 1.82) is 0 Å². The minimum Gasteiger partial charge on any atom is -0.445 e. The fourth-order valence-corrected chi connectivity index (χ4v) is 4.91. The van der Waals surface area contributed by atoms with E-state index in [-0.39, 0.29) is 44.1 Å². The van der Waals surface area contributed by atoms with E-state index in [1.54, 1.807) is 0 Å². The molecule has 246 valence electrons. The fraction of sp³-hybridized carbons (Fsp3) is 0.412. The monoisotopic (exact) mass is 633 g/mol. The van der Waals surface area contributed by atoms with Crippen LogP contribution >= 0.6 is 0 Å². The van der Waals surface area contributed by atoms with Gasteiger partial charge < -0.3 is 26.4 Å². The van der Waals surface area contributed by atoms with Crippen molar-refractivity contribution in [3.63, 3.8) is 0 Å². The largest absolute Gasteiger partial charge is 0.445 e. The summed E-state index contributed by atoms with van der Waals surface area (Å²) in [7, 11) is 0. The van der Waals surface area contributed by atoms with Crippen molar-refractivity contribution in [3.8, 4) is 0 Å². The fourth-order valence-electron chi connectivity index (χ4n) is 4.91. The summed E-state index contributed by atoms with van der Waals surface area (Å²) in [6.07, 6.45) is 3.14. The van der Waals surface area contributed by atoms with Crippen LogP contribution in [0.1, 0.15) is 57.1 Å². The van der Waals surface area contributed by atoms with E-state index in [9.17, 15) is 28.8 Å². The smallest absolute Gasteiger partial charge is 0.408 e. The average molecular weight is 634 g/mol. The summed E-state index contributed by atoms with van der Waals surface area (Å²) in [5, 5.41) is 8.20. The van der Waals surface area contributed by atoms with Crippen LogP contribution in [0.15, 0.2) is 72.8 Å². The highest BCUT2D eigenvalue weighted by Crippen LogP contribution is 2.12. The molecule has 2 aromatic rings. The number of nitrogens with two attached hydrogens (primary N) is 1. The molecule has 0 bridgehead atoms. The third kappa shape index (κ3) is 12.2. The van der Waals surface area contributed by atoms with E-state index in [1.165, 1.54) is 12.2 Å². The van der Waals surface area contributed by atoms with Gasteiger partial charge in [0.25, 0.3) is 5.91 Å². The minimum atomic E-state index is -1.08. The highest BCUT2D eigenvalue weighted by molar-refractivity contribution is 6.02. The summed E-state index contributed by atoms with van der Waals surface area (Å²) < 4.78 is 5.32. The third-order valence-electron chi connectivity index (χ3n) is 7.28. The lowest BCUT2D eigenvalue weighted by molar-refractivity contribution is -0.138. The van der Waals surface area contributed by atoms with Crippen LogP contribution in [0, 0.1) is 5.92 Å². The van der Waals surface area contributed by atoms with Gasteiger partial charge in [-0.15, -0.1) is 0 Å². The van der Waals surface area contributed by atoms with Crippen molar-refractivity contribution >= 4 is 35.6 Å². The zero-order chi connectivity index (χ0) is 33.5. The van der Waals surface area contributed by atoms with Crippen molar-refractivity contribution in [2.75, 3.05) is 6.54 Å². The summed E-state index contributed by atoms with van der Waals surface area (Å²) in [5.74, 6) is -2.51. The van der Waals surface area contributed by atoms with Crippen LogP contribution in [0.5, 0.6) is 0 Å². The lowest BCUT2D eigenvalue weighted by Crippen LogP contribution is -2.55. The Hall–Kier alpha value is -5.00. The number of carbonyl (C=O) groups is 6. The van der Waals surface area contributed by atoms with Crippen LogP contribution < -0.4 is 21.7 Å². The zero-order valence-electron chi connectivity index (χ0n) is 26.3. The zero-order valence-corrected chi connectivity index (χ0v) is 26.3. The Bertz CT molecular complexity index is 1380. The molecule has 0 spiro atoms. The summed E-state index contributed by atoms with van der Waals surface area (Å²) in [6.45, 7) is 4.14. The van der Waals surface area contributed by atoms with Gasteiger partial charge in [-0.1, -0.05) is 80.6 Å². The molecule has 1 aliphatic rings. The first kappa shape index (κ1) is 35.5. The van der Waals surface area contributed by atoms with Gasteiger partial charge in [-0.05, 0) is 36.3 Å². The molecule has 1 saturated heterocycles. The number of hydrogen-bond acceptors (Lipinski definition) is 7. The molecule has 0 radical (unpaired) electrons. The van der Waals surface area contributed by atoms with Crippen LogP contribution in [0.4, 0.5) is 4.79 Å². The molecule has 0 unspecified atom stereocenters. The van der Waals surface area contributed by atoms with Crippen LogP contribution in [0.3, 0.4) is 0 Å². The van der Waals surface area contributed by atoms with E-state index in [2.05, 4.69) is 16.0 Å². The van der Waals surface area contributed by atoms with Crippen LogP contribution in [-0.2, 0) is 41.7 Å². The van der Waals surface area contributed by atoms with E-state index in [0.717, 1.165) is 16.0 Å². The molecule has 1 fully saturated rings. The van der Waals surface area contributed by atoms with Crippen molar-refractivity contribution < 1.29 is 33.5 Å². The lowest BCUT2D eigenvalue weighted by atomic mass is 10.0. The number of nitrogens with one attached hydrogen (secondary N) is 3. The van der Waals surface area contributed by atoms with Gasteiger partial charge in [0.15, 0.2) is 0 Å².